The van der Waals surface area contributed by atoms with Crippen LogP contribution in [0.1, 0.15) is 4.88 Å². The highest BCUT2D eigenvalue weighted by atomic mass is 79.9. The molecule has 2 aromatic heterocycles. The van der Waals surface area contributed by atoms with E-state index in [1.807, 2.05) is 60.0 Å². The third-order valence-electron chi connectivity index (χ3n) is 3.30. The largest absolute Gasteiger partial charge is 0.484 e. The second kappa shape index (κ2) is 8.08. The summed E-state index contributed by atoms with van der Waals surface area (Å²) in [5.41, 5.74) is 0. The molecule has 0 saturated heterocycles. The number of halogens is 1. The van der Waals surface area contributed by atoms with Gasteiger partial charge in [-0.15, -0.1) is 11.3 Å². The number of carbonyl (C=O) groups is 1. The summed E-state index contributed by atoms with van der Waals surface area (Å²) in [5.74, 6) is 1.14. The molecule has 0 bridgehead atoms. The van der Waals surface area contributed by atoms with Crippen molar-refractivity contribution in [3.05, 3.63) is 75.5 Å². The van der Waals surface area contributed by atoms with Crippen molar-refractivity contribution in [2.24, 2.45) is 0 Å². The highest BCUT2D eigenvalue weighted by Crippen LogP contribution is 2.19. The quantitative estimate of drug-likeness (QED) is 0.608. The number of anilines is 1. The molecule has 0 aliphatic carbocycles. The Hall–Kier alpha value is -2.18. The Balaban J connectivity index is 1.72. The molecule has 0 atom stereocenters. The Morgan fingerprint density at radius 3 is 2.62 bits per heavy atom. The lowest BCUT2D eigenvalue weighted by molar-refractivity contribution is -0.120. The number of carbonyl (C=O) groups excluding carboxylic acids is 1. The molecule has 0 N–H and O–H groups in total. The van der Waals surface area contributed by atoms with Crippen molar-refractivity contribution >= 4 is 39.0 Å². The van der Waals surface area contributed by atoms with Gasteiger partial charge < -0.3 is 4.74 Å². The van der Waals surface area contributed by atoms with Crippen LogP contribution in [0.4, 0.5) is 5.82 Å². The summed E-state index contributed by atoms with van der Waals surface area (Å²) in [5, 5.41) is 1.99. The minimum atomic E-state index is -0.134. The number of pyridine rings is 1. The molecule has 0 aliphatic heterocycles. The van der Waals surface area contributed by atoms with E-state index in [1.165, 1.54) is 0 Å². The number of benzene rings is 1. The Bertz CT molecular complexity index is 777. The first-order valence-corrected chi connectivity index (χ1v) is 9.02. The molecule has 0 fully saturated rings. The highest BCUT2D eigenvalue weighted by Gasteiger charge is 2.18. The van der Waals surface area contributed by atoms with Crippen LogP contribution >= 0.6 is 27.3 Å². The molecule has 2 heterocycles. The van der Waals surface area contributed by atoms with Crippen molar-refractivity contribution in [2.45, 2.75) is 6.54 Å². The fraction of sp³-hybridized carbons (Fsp3) is 0.111. The first-order valence-electron chi connectivity index (χ1n) is 7.34. The number of amides is 1. The predicted molar refractivity (Wildman–Crippen MR) is 99.4 cm³/mol. The van der Waals surface area contributed by atoms with Crippen LogP contribution in [-0.2, 0) is 11.3 Å². The third kappa shape index (κ3) is 4.43. The lowest BCUT2D eigenvalue weighted by atomic mass is 10.3. The van der Waals surface area contributed by atoms with Crippen molar-refractivity contribution in [3.63, 3.8) is 0 Å². The van der Waals surface area contributed by atoms with Gasteiger partial charge in [0.2, 0.25) is 0 Å². The maximum absolute atomic E-state index is 12.7. The summed E-state index contributed by atoms with van der Waals surface area (Å²) < 4.78 is 6.57. The fourth-order valence-corrected chi connectivity index (χ4v) is 3.08. The van der Waals surface area contributed by atoms with Crippen LogP contribution in [0.3, 0.4) is 0 Å². The van der Waals surface area contributed by atoms with Crippen molar-refractivity contribution in [1.82, 2.24) is 4.98 Å². The van der Waals surface area contributed by atoms with Crippen LogP contribution in [0.15, 0.2) is 70.6 Å². The zero-order chi connectivity index (χ0) is 16.8. The monoisotopic (exact) mass is 402 g/mol. The second-order valence-corrected chi connectivity index (χ2v) is 6.94. The highest BCUT2D eigenvalue weighted by molar-refractivity contribution is 9.10. The van der Waals surface area contributed by atoms with Gasteiger partial charge in [0.25, 0.3) is 5.91 Å². The molecular formula is C18H15BrN2O2S. The molecule has 3 aromatic rings. The average Bonchev–Trinajstić information content (AvgIpc) is 3.13. The maximum atomic E-state index is 12.7. The minimum absolute atomic E-state index is 0.0381. The van der Waals surface area contributed by atoms with E-state index in [9.17, 15) is 4.79 Å². The van der Waals surface area contributed by atoms with Gasteiger partial charge >= 0.3 is 0 Å². The van der Waals surface area contributed by atoms with E-state index in [4.69, 9.17) is 4.74 Å². The zero-order valence-electron chi connectivity index (χ0n) is 12.8. The number of thiophene rings is 1. The van der Waals surface area contributed by atoms with Crippen molar-refractivity contribution in [1.29, 1.82) is 0 Å². The van der Waals surface area contributed by atoms with E-state index in [0.717, 1.165) is 9.35 Å². The first kappa shape index (κ1) is 16.7. The van der Waals surface area contributed by atoms with Crippen molar-refractivity contribution in [3.8, 4) is 5.75 Å². The smallest absolute Gasteiger partial charge is 0.266 e. The molecule has 0 radical (unpaired) electrons. The van der Waals surface area contributed by atoms with Gasteiger partial charge in [-0.25, -0.2) is 4.98 Å². The molecular weight excluding hydrogens is 388 g/mol. The third-order valence-corrected chi connectivity index (χ3v) is 4.69. The number of hydrogen-bond acceptors (Lipinski definition) is 4. The van der Waals surface area contributed by atoms with E-state index in [1.54, 1.807) is 22.4 Å². The molecule has 1 aromatic carbocycles. The molecule has 0 unspecified atom stereocenters. The van der Waals surface area contributed by atoms with Crippen LogP contribution in [-0.4, -0.2) is 17.5 Å². The molecule has 0 spiro atoms. The summed E-state index contributed by atoms with van der Waals surface area (Å²) in [6.07, 6.45) is 1.68. The Morgan fingerprint density at radius 2 is 1.96 bits per heavy atom. The second-order valence-electron chi connectivity index (χ2n) is 4.99. The van der Waals surface area contributed by atoms with Crippen LogP contribution in [0.5, 0.6) is 5.75 Å². The number of ether oxygens (including phenoxy) is 1. The maximum Gasteiger partial charge on any atom is 0.266 e. The lowest BCUT2D eigenvalue weighted by Gasteiger charge is -2.21. The fourth-order valence-electron chi connectivity index (χ4n) is 2.12. The molecule has 1 amide bonds. The average molecular weight is 403 g/mol. The summed E-state index contributed by atoms with van der Waals surface area (Å²) in [4.78, 5) is 19.7. The summed E-state index contributed by atoms with van der Waals surface area (Å²) >= 11 is 4.99. The Kier molecular flexibility index (Phi) is 5.61. The Morgan fingerprint density at radius 1 is 1.12 bits per heavy atom. The van der Waals surface area contributed by atoms with E-state index >= 15 is 0 Å². The zero-order valence-corrected chi connectivity index (χ0v) is 15.2. The van der Waals surface area contributed by atoms with Gasteiger partial charge in [0.15, 0.2) is 6.61 Å². The van der Waals surface area contributed by atoms with Gasteiger partial charge in [-0.1, -0.05) is 28.1 Å². The van der Waals surface area contributed by atoms with Crippen LogP contribution in [0.25, 0.3) is 0 Å². The van der Waals surface area contributed by atoms with Gasteiger partial charge in [-0.2, -0.15) is 0 Å². The summed E-state index contributed by atoms with van der Waals surface area (Å²) in [6.45, 7) is 0.445. The minimum Gasteiger partial charge on any atom is -0.484 e. The van der Waals surface area contributed by atoms with E-state index in [2.05, 4.69) is 20.9 Å². The molecule has 6 heteroatoms. The summed E-state index contributed by atoms with van der Waals surface area (Å²) in [7, 11) is 0. The lowest BCUT2D eigenvalue weighted by Crippen LogP contribution is -2.34. The molecule has 0 aliphatic rings. The van der Waals surface area contributed by atoms with E-state index < -0.39 is 0 Å². The van der Waals surface area contributed by atoms with E-state index in [0.29, 0.717) is 18.1 Å². The van der Waals surface area contributed by atoms with Gasteiger partial charge in [0.05, 0.1) is 6.54 Å². The van der Waals surface area contributed by atoms with Gasteiger partial charge in [-0.05, 0) is 47.8 Å². The van der Waals surface area contributed by atoms with Gasteiger partial charge in [0, 0.05) is 15.5 Å². The van der Waals surface area contributed by atoms with Gasteiger partial charge in [0.1, 0.15) is 11.6 Å². The molecule has 122 valence electrons. The molecule has 4 nitrogen and oxygen atoms in total. The number of rotatable bonds is 6. The Labute approximate surface area is 152 Å². The number of nitrogens with zero attached hydrogens (tertiary/aromatic N) is 2. The predicted octanol–water partition coefficient (Wildman–Crippen LogP) is 4.52. The standard InChI is InChI=1S/C18H15BrN2O2S/c19-14-6-8-15(9-7-14)23-13-18(22)21(12-16-4-3-11-24-16)17-5-1-2-10-20-17/h1-11H,12-13H2. The molecule has 24 heavy (non-hydrogen) atoms. The normalized spacial score (nSPS) is 10.4. The SMILES string of the molecule is O=C(COc1ccc(Br)cc1)N(Cc1cccs1)c1ccccn1. The number of hydrogen-bond donors (Lipinski definition) is 0. The number of aromatic nitrogens is 1. The van der Waals surface area contributed by atoms with Crippen LogP contribution in [0, 0.1) is 0 Å². The molecule has 3 rings (SSSR count). The van der Waals surface area contributed by atoms with Crippen molar-refractivity contribution < 1.29 is 9.53 Å². The summed E-state index contributed by atoms with van der Waals surface area (Å²) in [6, 6.07) is 16.9. The van der Waals surface area contributed by atoms with Crippen LogP contribution in [0.2, 0.25) is 0 Å². The van der Waals surface area contributed by atoms with E-state index in [-0.39, 0.29) is 12.5 Å². The van der Waals surface area contributed by atoms with Gasteiger partial charge in [-0.3, -0.25) is 9.69 Å². The topological polar surface area (TPSA) is 42.4 Å². The van der Waals surface area contributed by atoms with Crippen molar-refractivity contribution in [2.75, 3.05) is 11.5 Å². The molecule has 0 saturated carbocycles. The van der Waals surface area contributed by atoms with Crippen LogP contribution < -0.4 is 9.64 Å². The first-order chi connectivity index (χ1) is 11.7.